The van der Waals surface area contributed by atoms with Crippen molar-refractivity contribution in [1.82, 2.24) is 0 Å². The largest absolute Gasteiger partial charge is 0.481 e. The van der Waals surface area contributed by atoms with E-state index >= 15 is 0 Å². The number of aliphatic carboxylic acids is 2. The first-order valence-electron chi connectivity index (χ1n) is 4.69. The maximum Gasteiger partial charge on any atom is 0.310 e. The summed E-state index contributed by atoms with van der Waals surface area (Å²) < 4.78 is 0. The molecule has 0 bridgehead atoms. The maximum atomic E-state index is 11.1. The Hall–Kier alpha value is -1.57. The van der Waals surface area contributed by atoms with Gasteiger partial charge in [0.05, 0.1) is 17.9 Å². The first-order chi connectivity index (χ1) is 6.86. The van der Waals surface area contributed by atoms with E-state index in [1.165, 1.54) is 0 Å². The minimum atomic E-state index is -1.33. The first kappa shape index (κ1) is 13.4. The Morgan fingerprint density at radius 2 is 1.93 bits per heavy atom. The molecule has 5 nitrogen and oxygen atoms in total. The van der Waals surface area contributed by atoms with E-state index in [2.05, 4.69) is 0 Å². The molecule has 84 valence electrons. The topological polar surface area (TPSA) is 98.4 Å². The van der Waals surface area contributed by atoms with E-state index < -0.39 is 23.8 Å². The predicted molar refractivity (Wildman–Crippen MR) is 52.0 cm³/mol. The maximum absolute atomic E-state index is 11.1. The lowest BCUT2D eigenvalue weighted by atomic mass is 9.71. The minimum absolute atomic E-state index is 0.0533. The van der Waals surface area contributed by atoms with Crippen LogP contribution in [-0.2, 0) is 9.59 Å². The van der Waals surface area contributed by atoms with Crippen LogP contribution in [0.2, 0.25) is 0 Å². The highest BCUT2D eigenvalue weighted by atomic mass is 16.4. The molecule has 0 aromatic carbocycles. The highest BCUT2D eigenvalue weighted by molar-refractivity contribution is 5.81. The summed E-state index contributed by atoms with van der Waals surface area (Å²) in [6.07, 6.45) is -0.317. The van der Waals surface area contributed by atoms with Gasteiger partial charge in [0.1, 0.15) is 0 Å². The van der Waals surface area contributed by atoms with E-state index in [4.69, 9.17) is 15.5 Å². The number of rotatable bonds is 6. The molecule has 0 radical (unpaired) electrons. The molecule has 0 heterocycles. The summed E-state index contributed by atoms with van der Waals surface area (Å²) in [5.74, 6) is -2.61. The van der Waals surface area contributed by atoms with Gasteiger partial charge in [-0.3, -0.25) is 9.59 Å². The molecule has 0 aromatic heterocycles. The molecule has 0 aliphatic rings. The lowest BCUT2D eigenvalue weighted by Crippen LogP contribution is -2.38. The van der Waals surface area contributed by atoms with Gasteiger partial charge in [-0.2, -0.15) is 5.26 Å². The third-order valence-electron chi connectivity index (χ3n) is 2.68. The summed E-state index contributed by atoms with van der Waals surface area (Å²) >= 11 is 0. The number of carboxylic acid groups (broad SMARTS) is 2. The van der Waals surface area contributed by atoms with Gasteiger partial charge in [-0.1, -0.05) is 13.8 Å². The van der Waals surface area contributed by atoms with Crippen molar-refractivity contribution in [2.75, 3.05) is 0 Å². The minimum Gasteiger partial charge on any atom is -0.481 e. The Labute approximate surface area is 88.3 Å². The average Bonchev–Trinajstić information content (AvgIpc) is 2.10. The van der Waals surface area contributed by atoms with Gasteiger partial charge in [-0.25, -0.2) is 0 Å². The molecular formula is C10H15NO4. The fourth-order valence-corrected chi connectivity index (χ4v) is 1.56. The van der Waals surface area contributed by atoms with Gasteiger partial charge in [-0.15, -0.1) is 0 Å². The molecule has 0 saturated heterocycles. The van der Waals surface area contributed by atoms with Crippen molar-refractivity contribution in [3.05, 3.63) is 0 Å². The average molecular weight is 213 g/mol. The Bertz CT molecular complexity index is 292. The fraction of sp³-hybridized carbons (Fsp3) is 0.700. The molecular weight excluding hydrogens is 198 g/mol. The SMILES string of the molecule is CC(C)C(CCC#N)(CC(=O)O)C(=O)O. The van der Waals surface area contributed by atoms with Gasteiger partial charge < -0.3 is 10.2 Å². The van der Waals surface area contributed by atoms with Crippen LogP contribution in [0.25, 0.3) is 0 Å². The number of nitriles is 1. The van der Waals surface area contributed by atoms with E-state index in [0.29, 0.717) is 0 Å². The van der Waals surface area contributed by atoms with Crippen LogP contribution in [-0.4, -0.2) is 22.2 Å². The van der Waals surface area contributed by atoms with Crippen LogP contribution < -0.4 is 0 Å². The van der Waals surface area contributed by atoms with Gasteiger partial charge in [0.2, 0.25) is 0 Å². The standard InChI is InChI=1S/C10H15NO4/c1-7(2)10(9(14)15,4-3-5-11)6-8(12)13/h7H,3-4,6H2,1-2H3,(H,12,13)(H,14,15). The zero-order valence-corrected chi connectivity index (χ0v) is 8.86. The van der Waals surface area contributed by atoms with Gasteiger partial charge in [-0.05, 0) is 12.3 Å². The van der Waals surface area contributed by atoms with Crippen LogP contribution in [0.3, 0.4) is 0 Å². The molecule has 0 amide bonds. The van der Waals surface area contributed by atoms with Crippen LogP contribution in [0, 0.1) is 22.7 Å². The molecule has 0 aromatic rings. The first-order valence-corrected chi connectivity index (χ1v) is 4.69. The van der Waals surface area contributed by atoms with Gasteiger partial charge in [0, 0.05) is 6.42 Å². The molecule has 0 spiro atoms. The second-order valence-corrected chi connectivity index (χ2v) is 3.84. The van der Waals surface area contributed by atoms with E-state index in [1.54, 1.807) is 13.8 Å². The van der Waals surface area contributed by atoms with E-state index in [1.807, 2.05) is 6.07 Å². The second-order valence-electron chi connectivity index (χ2n) is 3.84. The van der Waals surface area contributed by atoms with Gasteiger partial charge >= 0.3 is 11.9 Å². The number of hydrogen-bond donors (Lipinski definition) is 2. The van der Waals surface area contributed by atoms with Gasteiger partial charge in [0.15, 0.2) is 0 Å². The molecule has 1 atom stereocenters. The zero-order valence-electron chi connectivity index (χ0n) is 8.86. The van der Waals surface area contributed by atoms with Gasteiger partial charge in [0.25, 0.3) is 0 Å². The molecule has 0 fully saturated rings. The highest BCUT2D eigenvalue weighted by Crippen LogP contribution is 2.36. The highest BCUT2D eigenvalue weighted by Gasteiger charge is 2.43. The van der Waals surface area contributed by atoms with Crippen molar-refractivity contribution in [3.8, 4) is 6.07 Å². The van der Waals surface area contributed by atoms with Crippen molar-refractivity contribution >= 4 is 11.9 Å². The van der Waals surface area contributed by atoms with Crippen molar-refractivity contribution < 1.29 is 19.8 Å². The third kappa shape index (κ3) is 3.24. The molecule has 0 rings (SSSR count). The summed E-state index contributed by atoms with van der Waals surface area (Å²) in [6, 6.07) is 1.85. The van der Waals surface area contributed by atoms with Crippen LogP contribution in [0.1, 0.15) is 33.1 Å². The Kier molecular flexibility index (Phi) is 4.79. The lowest BCUT2D eigenvalue weighted by molar-refractivity contribution is -0.159. The normalized spacial score (nSPS) is 14.3. The Morgan fingerprint density at radius 3 is 2.20 bits per heavy atom. The predicted octanol–water partition coefficient (Wildman–Crippen LogP) is 1.49. The van der Waals surface area contributed by atoms with E-state index in [-0.39, 0.29) is 18.8 Å². The second kappa shape index (κ2) is 5.35. The summed E-state index contributed by atoms with van der Waals surface area (Å²) in [5.41, 5.74) is -1.33. The molecule has 0 aliphatic heterocycles. The fourth-order valence-electron chi connectivity index (χ4n) is 1.56. The monoisotopic (exact) mass is 213 g/mol. The molecule has 15 heavy (non-hydrogen) atoms. The summed E-state index contributed by atoms with van der Waals surface area (Å²) in [7, 11) is 0. The summed E-state index contributed by atoms with van der Waals surface area (Å²) in [5, 5.41) is 26.2. The number of nitrogens with zero attached hydrogens (tertiary/aromatic N) is 1. The number of carboxylic acids is 2. The van der Waals surface area contributed by atoms with Crippen LogP contribution >= 0.6 is 0 Å². The Morgan fingerprint density at radius 1 is 1.40 bits per heavy atom. The van der Waals surface area contributed by atoms with E-state index in [0.717, 1.165) is 0 Å². The Balaban J connectivity index is 5.00. The van der Waals surface area contributed by atoms with Crippen LogP contribution in [0.5, 0.6) is 0 Å². The zero-order chi connectivity index (χ0) is 12.1. The van der Waals surface area contributed by atoms with Crippen molar-refractivity contribution in [2.45, 2.75) is 33.1 Å². The quantitative estimate of drug-likeness (QED) is 0.696. The van der Waals surface area contributed by atoms with Crippen molar-refractivity contribution in [1.29, 1.82) is 5.26 Å². The summed E-state index contributed by atoms with van der Waals surface area (Å²) in [4.78, 5) is 21.8. The van der Waals surface area contributed by atoms with Crippen LogP contribution in [0.4, 0.5) is 0 Å². The van der Waals surface area contributed by atoms with Crippen molar-refractivity contribution in [2.24, 2.45) is 11.3 Å². The lowest BCUT2D eigenvalue weighted by Gasteiger charge is -2.31. The molecule has 0 saturated carbocycles. The molecule has 5 heteroatoms. The number of carbonyl (C=O) groups is 2. The summed E-state index contributed by atoms with van der Waals surface area (Å²) in [6.45, 7) is 3.32. The molecule has 2 N–H and O–H groups in total. The van der Waals surface area contributed by atoms with Crippen molar-refractivity contribution in [3.63, 3.8) is 0 Å². The third-order valence-corrected chi connectivity index (χ3v) is 2.68. The molecule has 0 aliphatic carbocycles. The smallest absolute Gasteiger partial charge is 0.310 e. The van der Waals surface area contributed by atoms with Crippen LogP contribution in [0.15, 0.2) is 0 Å². The molecule has 1 unspecified atom stereocenters. The number of hydrogen-bond acceptors (Lipinski definition) is 3. The van der Waals surface area contributed by atoms with E-state index in [9.17, 15) is 9.59 Å².